The number of aromatic nitrogens is 2. The van der Waals surface area contributed by atoms with Crippen LogP contribution in [0.5, 0.6) is 5.75 Å². The SMILES string of the molecule is CCN(C(=O)Oc1ccc(F)cc1)[C@]1(C(=O)C2CCN(c3cnc(C#N)cn3)CC2)CNC[C@H]1c1ccc(F)c(F)c1. The van der Waals surface area contributed by atoms with Crippen LogP contribution >= 0.6 is 0 Å². The van der Waals surface area contributed by atoms with E-state index in [1.165, 1.54) is 35.5 Å². The fourth-order valence-electron chi connectivity index (χ4n) is 6.00. The number of Topliss-reactive ketones (excluding diaryl/α,β-unsaturated/α-hetero) is 1. The maximum absolute atomic E-state index is 14.6. The second kappa shape index (κ2) is 12.2. The Bertz CT molecular complexity index is 1490. The first-order chi connectivity index (χ1) is 20.3. The van der Waals surface area contributed by atoms with Crippen LogP contribution in [0.4, 0.5) is 23.8 Å². The van der Waals surface area contributed by atoms with E-state index in [9.17, 15) is 22.8 Å². The van der Waals surface area contributed by atoms with E-state index in [0.717, 1.165) is 24.3 Å². The highest BCUT2D eigenvalue weighted by Gasteiger charge is 2.57. The van der Waals surface area contributed by atoms with Crippen LogP contribution in [-0.2, 0) is 4.79 Å². The van der Waals surface area contributed by atoms with Crippen LogP contribution in [0.3, 0.4) is 0 Å². The van der Waals surface area contributed by atoms with Gasteiger partial charge in [-0.15, -0.1) is 0 Å². The molecule has 218 valence electrons. The summed E-state index contributed by atoms with van der Waals surface area (Å²) in [5.74, 6) is -3.20. The maximum Gasteiger partial charge on any atom is 0.416 e. The highest BCUT2D eigenvalue weighted by atomic mass is 19.2. The molecule has 2 aromatic carbocycles. The van der Waals surface area contributed by atoms with Crippen LogP contribution in [0.25, 0.3) is 0 Å². The van der Waals surface area contributed by atoms with Gasteiger partial charge in [0, 0.05) is 44.6 Å². The Morgan fingerprint density at radius 2 is 1.83 bits per heavy atom. The highest BCUT2D eigenvalue weighted by Crippen LogP contribution is 2.42. The number of rotatable bonds is 7. The molecule has 0 unspecified atom stereocenters. The second-order valence-corrected chi connectivity index (χ2v) is 10.3. The molecular weight excluding hydrogens is 549 g/mol. The van der Waals surface area contributed by atoms with Gasteiger partial charge in [-0.25, -0.2) is 27.9 Å². The van der Waals surface area contributed by atoms with Crippen LogP contribution in [0.15, 0.2) is 54.9 Å². The van der Waals surface area contributed by atoms with Gasteiger partial charge in [0.05, 0.1) is 12.4 Å². The number of benzene rings is 2. The lowest BCUT2D eigenvalue weighted by Gasteiger charge is -2.45. The molecule has 1 aromatic heterocycles. The lowest BCUT2D eigenvalue weighted by Crippen LogP contribution is -2.64. The van der Waals surface area contributed by atoms with E-state index >= 15 is 0 Å². The molecule has 0 radical (unpaired) electrons. The molecular formula is C30H29F3N6O3. The van der Waals surface area contributed by atoms with Gasteiger partial charge in [0.15, 0.2) is 23.1 Å². The number of amides is 1. The van der Waals surface area contributed by atoms with E-state index < -0.39 is 40.9 Å². The van der Waals surface area contributed by atoms with Crippen molar-refractivity contribution in [1.29, 1.82) is 5.26 Å². The molecule has 12 heteroatoms. The molecule has 0 bridgehead atoms. The molecule has 2 saturated heterocycles. The van der Waals surface area contributed by atoms with Crippen molar-refractivity contribution in [2.45, 2.75) is 31.2 Å². The summed E-state index contributed by atoms with van der Waals surface area (Å²) in [5.41, 5.74) is -0.877. The third-order valence-corrected chi connectivity index (χ3v) is 8.07. The summed E-state index contributed by atoms with van der Waals surface area (Å²) >= 11 is 0. The van der Waals surface area contributed by atoms with Crippen LogP contribution in [0.1, 0.15) is 36.9 Å². The number of halogens is 3. The highest BCUT2D eigenvalue weighted by molar-refractivity contribution is 5.96. The number of hydrogen-bond donors (Lipinski definition) is 1. The molecule has 0 spiro atoms. The van der Waals surface area contributed by atoms with Crippen LogP contribution in [-0.4, -0.2) is 65.0 Å². The normalized spacial score (nSPS) is 20.6. The van der Waals surface area contributed by atoms with Gasteiger partial charge in [0.1, 0.15) is 29.0 Å². The standard InChI is InChI=1S/C30H29F3N6O3/c1-2-39(29(41)42-23-6-4-21(31)5-7-23)30(18-35-16-24(30)20-3-8-25(32)26(33)13-20)28(40)19-9-11-38(12-10-19)27-17-36-22(14-34)15-37-27/h3-8,13,15,17,19,24,35H,2,9-12,16,18H2,1H3/t24-,30+/m0/s1. The van der Waals surface area contributed by atoms with Crippen molar-refractivity contribution in [3.8, 4) is 11.8 Å². The molecule has 2 aliphatic heterocycles. The van der Waals surface area contributed by atoms with Gasteiger partial charge in [-0.05, 0) is 61.7 Å². The Labute approximate surface area is 240 Å². The zero-order chi connectivity index (χ0) is 29.9. The monoisotopic (exact) mass is 578 g/mol. The number of likely N-dealkylation sites (N-methyl/N-ethyl adjacent to an activating group) is 1. The van der Waals surface area contributed by atoms with Crippen LogP contribution in [0, 0.1) is 34.7 Å². The largest absolute Gasteiger partial charge is 0.416 e. The molecule has 2 aliphatic rings. The number of carbonyl (C=O) groups is 2. The molecule has 2 atom stereocenters. The molecule has 1 N–H and O–H groups in total. The van der Waals surface area contributed by atoms with Gasteiger partial charge in [0.25, 0.3) is 0 Å². The van der Waals surface area contributed by atoms with Gasteiger partial charge in [-0.3, -0.25) is 9.69 Å². The van der Waals surface area contributed by atoms with Crippen LogP contribution < -0.4 is 15.0 Å². The number of ether oxygens (including phenoxy) is 1. The lowest BCUT2D eigenvalue weighted by atomic mass is 9.71. The first kappa shape index (κ1) is 29.0. The summed E-state index contributed by atoms with van der Waals surface area (Å²) in [4.78, 5) is 39.9. The molecule has 0 saturated carbocycles. The van der Waals surface area contributed by atoms with E-state index in [1.54, 1.807) is 6.92 Å². The number of anilines is 1. The average molecular weight is 579 g/mol. The number of nitrogens with one attached hydrogen (secondary N) is 1. The van der Waals surface area contributed by atoms with Gasteiger partial charge < -0.3 is 15.0 Å². The van der Waals surface area contributed by atoms with Crippen LogP contribution in [0.2, 0.25) is 0 Å². The second-order valence-electron chi connectivity index (χ2n) is 10.3. The molecule has 0 aliphatic carbocycles. The summed E-state index contributed by atoms with van der Waals surface area (Å²) in [7, 11) is 0. The lowest BCUT2D eigenvalue weighted by molar-refractivity contribution is -0.134. The van der Waals surface area contributed by atoms with E-state index in [1.807, 2.05) is 11.0 Å². The molecule has 3 heterocycles. The van der Waals surface area contributed by atoms with Crippen molar-refractivity contribution < 1.29 is 27.5 Å². The predicted molar refractivity (Wildman–Crippen MR) is 146 cm³/mol. The van der Waals surface area contributed by atoms with Crippen molar-refractivity contribution in [3.05, 3.63) is 83.6 Å². The zero-order valence-electron chi connectivity index (χ0n) is 22.9. The quantitative estimate of drug-likeness (QED) is 0.444. The van der Waals surface area contributed by atoms with Crippen molar-refractivity contribution in [2.24, 2.45) is 5.92 Å². The van der Waals surface area contributed by atoms with Crippen molar-refractivity contribution in [1.82, 2.24) is 20.2 Å². The first-order valence-corrected chi connectivity index (χ1v) is 13.7. The minimum Gasteiger partial charge on any atom is -0.410 e. The smallest absolute Gasteiger partial charge is 0.410 e. The summed E-state index contributed by atoms with van der Waals surface area (Å²) in [5, 5.41) is 12.2. The van der Waals surface area contributed by atoms with E-state index in [4.69, 9.17) is 10.00 Å². The third-order valence-electron chi connectivity index (χ3n) is 8.07. The minimum absolute atomic E-state index is 0.0865. The zero-order valence-corrected chi connectivity index (χ0v) is 22.9. The van der Waals surface area contributed by atoms with Gasteiger partial charge in [0.2, 0.25) is 0 Å². The van der Waals surface area contributed by atoms with Gasteiger partial charge >= 0.3 is 6.09 Å². The number of nitrogens with zero attached hydrogens (tertiary/aromatic N) is 5. The Hall–Kier alpha value is -4.50. The summed E-state index contributed by atoms with van der Waals surface area (Å²) in [6.07, 6.45) is 3.02. The molecule has 5 rings (SSSR count). The number of piperidine rings is 1. The Morgan fingerprint density at radius 3 is 2.45 bits per heavy atom. The first-order valence-electron chi connectivity index (χ1n) is 13.7. The fraction of sp³-hybridized carbons (Fsp3) is 0.367. The topological polar surface area (TPSA) is 111 Å². The molecule has 42 heavy (non-hydrogen) atoms. The maximum atomic E-state index is 14.6. The van der Waals surface area contributed by atoms with E-state index in [2.05, 4.69) is 15.3 Å². The van der Waals surface area contributed by atoms with Crippen molar-refractivity contribution in [3.63, 3.8) is 0 Å². The van der Waals surface area contributed by atoms with Gasteiger partial charge in [-0.1, -0.05) is 6.07 Å². The summed E-state index contributed by atoms with van der Waals surface area (Å²) in [6, 6.07) is 10.4. The van der Waals surface area contributed by atoms with E-state index in [-0.39, 0.29) is 36.9 Å². The Morgan fingerprint density at radius 1 is 1.10 bits per heavy atom. The van der Waals surface area contributed by atoms with Crippen molar-refractivity contribution >= 4 is 17.7 Å². The van der Waals surface area contributed by atoms with Crippen molar-refractivity contribution in [2.75, 3.05) is 37.6 Å². The number of ketones is 1. The number of nitriles is 1. The Kier molecular flexibility index (Phi) is 8.40. The predicted octanol–water partition coefficient (Wildman–Crippen LogP) is 4.20. The number of carbonyl (C=O) groups excluding carboxylic acids is 2. The Balaban J connectivity index is 1.46. The summed E-state index contributed by atoms with van der Waals surface area (Å²) < 4.78 is 47.3. The molecule has 2 fully saturated rings. The molecule has 9 nitrogen and oxygen atoms in total. The molecule has 3 aromatic rings. The van der Waals surface area contributed by atoms with Gasteiger partial charge in [-0.2, -0.15) is 5.26 Å². The van der Waals surface area contributed by atoms with E-state index in [0.29, 0.717) is 37.3 Å². The molecule has 1 amide bonds. The average Bonchev–Trinajstić information content (AvgIpc) is 3.45. The fourth-order valence-corrected chi connectivity index (χ4v) is 6.00. The number of hydrogen-bond acceptors (Lipinski definition) is 8. The minimum atomic E-state index is -1.46. The third kappa shape index (κ3) is 5.52. The summed E-state index contributed by atoms with van der Waals surface area (Å²) in [6.45, 7) is 3.12.